The molecule has 1 aromatic carbocycles. The molecule has 0 aliphatic carbocycles. The minimum absolute atomic E-state index is 0.0377. The number of rotatable bonds is 6. The molecule has 0 fully saturated rings. The second-order valence-electron chi connectivity index (χ2n) is 3.58. The number of alkyl halides is 2. The minimum Gasteiger partial charge on any atom is -0.435 e. The van der Waals surface area contributed by atoms with E-state index in [0.29, 0.717) is 6.42 Å². The molecule has 0 aromatic heterocycles. The van der Waals surface area contributed by atoms with Crippen molar-refractivity contribution in [2.24, 2.45) is 0 Å². The van der Waals surface area contributed by atoms with E-state index >= 15 is 0 Å². The summed E-state index contributed by atoms with van der Waals surface area (Å²) in [5.74, 6) is -0.318. The Morgan fingerprint density at radius 2 is 1.94 bits per heavy atom. The third kappa shape index (κ3) is 4.68. The van der Waals surface area contributed by atoms with Crippen molar-refractivity contribution >= 4 is 9.84 Å². The monoisotopic (exact) mass is 264 g/mol. The summed E-state index contributed by atoms with van der Waals surface area (Å²) < 4.78 is 51.7. The van der Waals surface area contributed by atoms with E-state index in [1.165, 1.54) is 18.2 Å². The van der Waals surface area contributed by atoms with Crippen molar-refractivity contribution < 1.29 is 21.9 Å². The van der Waals surface area contributed by atoms with E-state index in [0.717, 1.165) is 0 Å². The predicted molar refractivity (Wildman–Crippen MR) is 60.9 cm³/mol. The Morgan fingerprint density at radius 1 is 1.29 bits per heavy atom. The second-order valence-corrected chi connectivity index (χ2v) is 5.76. The van der Waals surface area contributed by atoms with Crippen LogP contribution in [-0.2, 0) is 15.6 Å². The highest BCUT2D eigenvalue weighted by Crippen LogP contribution is 2.22. The smallest absolute Gasteiger partial charge is 0.387 e. The number of hydrogen-bond donors (Lipinski definition) is 0. The van der Waals surface area contributed by atoms with Crippen LogP contribution >= 0.6 is 0 Å². The third-order valence-electron chi connectivity index (χ3n) is 2.08. The molecule has 0 saturated heterocycles. The lowest BCUT2D eigenvalue weighted by Gasteiger charge is -2.10. The Kier molecular flexibility index (Phi) is 4.86. The van der Waals surface area contributed by atoms with Gasteiger partial charge in [0, 0.05) is 5.56 Å². The molecule has 0 radical (unpaired) electrons. The van der Waals surface area contributed by atoms with Crippen LogP contribution in [0.4, 0.5) is 8.78 Å². The Labute approximate surface area is 99.3 Å². The molecule has 3 nitrogen and oxygen atoms in total. The summed E-state index contributed by atoms with van der Waals surface area (Å²) in [6, 6.07) is 5.93. The topological polar surface area (TPSA) is 43.4 Å². The summed E-state index contributed by atoms with van der Waals surface area (Å²) in [6.45, 7) is -1.20. The molecule has 17 heavy (non-hydrogen) atoms. The van der Waals surface area contributed by atoms with Gasteiger partial charge < -0.3 is 4.74 Å². The highest BCUT2D eigenvalue weighted by molar-refractivity contribution is 7.90. The maximum Gasteiger partial charge on any atom is 0.387 e. The van der Waals surface area contributed by atoms with Gasteiger partial charge in [-0.15, -0.1) is 0 Å². The van der Waals surface area contributed by atoms with E-state index in [2.05, 4.69) is 4.74 Å². The van der Waals surface area contributed by atoms with Crippen LogP contribution in [0.25, 0.3) is 0 Å². The molecule has 0 spiro atoms. The van der Waals surface area contributed by atoms with Crippen LogP contribution < -0.4 is 4.74 Å². The number of halogens is 2. The van der Waals surface area contributed by atoms with E-state index < -0.39 is 16.4 Å². The predicted octanol–water partition coefficient (Wildman–Crippen LogP) is 2.61. The molecule has 1 rings (SSSR count). The maximum absolute atomic E-state index is 12.1. The maximum atomic E-state index is 12.1. The molecule has 0 amide bonds. The molecule has 1 aromatic rings. The van der Waals surface area contributed by atoms with E-state index in [1.807, 2.05) is 0 Å². The van der Waals surface area contributed by atoms with E-state index in [9.17, 15) is 17.2 Å². The average Bonchev–Trinajstić information content (AvgIpc) is 2.19. The van der Waals surface area contributed by atoms with Gasteiger partial charge in [-0.3, -0.25) is 0 Å². The molecule has 0 atom stereocenters. The van der Waals surface area contributed by atoms with Crippen molar-refractivity contribution in [3.63, 3.8) is 0 Å². The number of benzene rings is 1. The summed E-state index contributed by atoms with van der Waals surface area (Å²) in [5.41, 5.74) is 0.265. The van der Waals surface area contributed by atoms with Crippen molar-refractivity contribution in [1.82, 2.24) is 0 Å². The number of para-hydroxylation sites is 1. The van der Waals surface area contributed by atoms with Gasteiger partial charge in [0.15, 0.2) is 9.84 Å². The van der Waals surface area contributed by atoms with Gasteiger partial charge in [-0.2, -0.15) is 8.78 Å². The molecule has 0 aliphatic rings. The summed E-state index contributed by atoms with van der Waals surface area (Å²) >= 11 is 0. The van der Waals surface area contributed by atoms with Crippen LogP contribution in [0.5, 0.6) is 5.75 Å². The van der Waals surface area contributed by atoms with Crippen LogP contribution in [0.15, 0.2) is 24.3 Å². The number of sulfone groups is 1. The molecule has 0 heterocycles. The molecule has 0 N–H and O–H groups in total. The van der Waals surface area contributed by atoms with Gasteiger partial charge in [-0.05, 0) is 12.5 Å². The Morgan fingerprint density at radius 3 is 2.53 bits per heavy atom. The van der Waals surface area contributed by atoms with Gasteiger partial charge in [0.1, 0.15) is 5.75 Å². The zero-order valence-electron chi connectivity index (χ0n) is 9.40. The largest absolute Gasteiger partial charge is 0.435 e. The molecule has 0 aliphatic heterocycles. The fourth-order valence-corrected chi connectivity index (χ4v) is 2.93. The van der Waals surface area contributed by atoms with Crippen molar-refractivity contribution in [1.29, 1.82) is 0 Å². The first-order chi connectivity index (χ1) is 7.94. The second kappa shape index (κ2) is 5.95. The Hall–Kier alpha value is -1.17. The average molecular weight is 264 g/mol. The normalized spacial score (nSPS) is 11.8. The fraction of sp³-hybridized carbons (Fsp3) is 0.455. The van der Waals surface area contributed by atoms with Crippen LogP contribution in [0.1, 0.15) is 18.9 Å². The molecule has 0 saturated carbocycles. The van der Waals surface area contributed by atoms with Crippen LogP contribution in [-0.4, -0.2) is 20.8 Å². The van der Waals surface area contributed by atoms with Gasteiger partial charge in [0.2, 0.25) is 0 Å². The fourth-order valence-electron chi connectivity index (χ4n) is 1.45. The number of ether oxygens (including phenoxy) is 1. The Balaban J connectivity index is 2.90. The lowest BCUT2D eigenvalue weighted by molar-refractivity contribution is -0.0503. The number of hydrogen-bond acceptors (Lipinski definition) is 3. The van der Waals surface area contributed by atoms with Crippen molar-refractivity contribution in [3.05, 3.63) is 29.8 Å². The van der Waals surface area contributed by atoms with Crippen molar-refractivity contribution in [3.8, 4) is 5.75 Å². The zero-order valence-corrected chi connectivity index (χ0v) is 10.2. The zero-order chi connectivity index (χ0) is 12.9. The minimum atomic E-state index is -3.27. The molecule has 0 unspecified atom stereocenters. The molecular weight excluding hydrogens is 250 g/mol. The van der Waals surface area contributed by atoms with Crippen LogP contribution in [0, 0.1) is 0 Å². The third-order valence-corrected chi connectivity index (χ3v) is 3.86. The molecule has 6 heteroatoms. The first-order valence-electron chi connectivity index (χ1n) is 5.17. The summed E-state index contributed by atoms with van der Waals surface area (Å²) in [5, 5.41) is 0. The lowest BCUT2D eigenvalue weighted by Crippen LogP contribution is -2.11. The SMILES string of the molecule is CCCS(=O)(=O)Cc1ccccc1OC(F)F. The van der Waals surface area contributed by atoms with Crippen molar-refractivity contribution in [2.75, 3.05) is 5.75 Å². The molecular formula is C11H14F2O3S. The van der Waals surface area contributed by atoms with Crippen molar-refractivity contribution in [2.45, 2.75) is 25.7 Å². The summed E-state index contributed by atoms with van der Waals surface area (Å²) in [4.78, 5) is 0. The van der Waals surface area contributed by atoms with Crippen LogP contribution in [0.3, 0.4) is 0 Å². The highest BCUT2D eigenvalue weighted by Gasteiger charge is 2.15. The van der Waals surface area contributed by atoms with E-state index in [4.69, 9.17) is 0 Å². The summed E-state index contributed by atoms with van der Waals surface area (Å²) in [7, 11) is -3.27. The highest BCUT2D eigenvalue weighted by atomic mass is 32.2. The first kappa shape index (κ1) is 13.9. The van der Waals surface area contributed by atoms with E-state index in [-0.39, 0.29) is 22.8 Å². The van der Waals surface area contributed by atoms with Gasteiger partial charge in [0.25, 0.3) is 0 Å². The van der Waals surface area contributed by atoms with Gasteiger partial charge >= 0.3 is 6.61 Å². The van der Waals surface area contributed by atoms with Gasteiger partial charge in [-0.25, -0.2) is 8.42 Å². The Bertz CT molecular complexity index is 458. The lowest BCUT2D eigenvalue weighted by atomic mass is 10.2. The standard InChI is InChI=1S/C11H14F2O3S/c1-2-7-17(14,15)8-9-5-3-4-6-10(9)16-11(12)13/h3-6,11H,2,7-8H2,1H3. The van der Waals surface area contributed by atoms with E-state index in [1.54, 1.807) is 13.0 Å². The molecule has 96 valence electrons. The molecule has 0 bridgehead atoms. The van der Waals surface area contributed by atoms with Crippen LogP contribution in [0.2, 0.25) is 0 Å². The summed E-state index contributed by atoms with van der Waals surface area (Å²) in [6.07, 6.45) is 0.500. The van der Waals surface area contributed by atoms with Gasteiger partial charge in [0.05, 0.1) is 11.5 Å². The quantitative estimate of drug-likeness (QED) is 0.793. The first-order valence-corrected chi connectivity index (χ1v) is 7.00. The van der Waals surface area contributed by atoms with Gasteiger partial charge in [-0.1, -0.05) is 25.1 Å².